The van der Waals surface area contributed by atoms with E-state index in [9.17, 15) is 5.11 Å². The molecule has 0 spiro atoms. The second-order valence-corrected chi connectivity index (χ2v) is 7.35. The highest BCUT2D eigenvalue weighted by Crippen LogP contribution is 2.28. The Bertz CT molecular complexity index is 316. The first-order valence-corrected chi connectivity index (χ1v) is 8.71. The summed E-state index contributed by atoms with van der Waals surface area (Å²) in [6.07, 6.45) is 8.17. The van der Waals surface area contributed by atoms with E-state index in [1.54, 1.807) is 0 Å². The molecule has 2 atom stereocenters. The SMILES string of the molecule is CCC(CO)(CCCN1CCCC(C)(OC)C1)NC1CC1. The predicted molar refractivity (Wildman–Crippen MR) is 86.6 cm³/mol. The summed E-state index contributed by atoms with van der Waals surface area (Å²) >= 11 is 0. The second-order valence-electron chi connectivity index (χ2n) is 7.35. The van der Waals surface area contributed by atoms with E-state index >= 15 is 0 Å². The fourth-order valence-corrected chi connectivity index (χ4v) is 3.55. The smallest absolute Gasteiger partial charge is 0.0777 e. The molecule has 21 heavy (non-hydrogen) atoms. The van der Waals surface area contributed by atoms with Gasteiger partial charge in [0.05, 0.1) is 12.2 Å². The highest BCUT2D eigenvalue weighted by molar-refractivity contribution is 4.94. The van der Waals surface area contributed by atoms with Crippen molar-refractivity contribution in [3.8, 4) is 0 Å². The van der Waals surface area contributed by atoms with Crippen LogP contribution in [0.2, 0.25) is 0 Å². The average molecular weight is 298 g/mol. The van der Waals surface area contributed by atoms with Crippen LogP contribution in [0.1, 0.15) is 58.8 Å². The van der Waals surface area contributed by atoms with E-state index in [-0.39, 0.29) is 17.7 Å². The molecule has 2 rings (SSSR count). The van der Waals surface area contributed by atoms with Crippen LogP contribution in [0.15, 0.2) is 0 Å². The van der Waals surface area contributed by atoms with Gasteiger partial charge in [0.15, 0.2) is 0 Å². The lowest BCUT2D eigenvalue weighted by atomic mass is 9.90. The van der Waals surface area contributed by atoms with E-state index < -0.39 is 0 Å². The molecule has 0 radical (unpaired) electrons. The van der Waals surface area contributed by atoms with Crippen molar-refractivity contribution in [1.82, 2.24) is 10.2 Å². The molecule has 2 aliphatic rings. The lowest BCUT2D eigenvalue weighted by Crippen LogP contribution is -2.50. The van der Waals surface area contributed by atoms with Crippen molar-refractivity contribution < 1.29 is 9.84 Å². The van der Waals surface area contributed by atoms with Gasteiger partial charge in [0.1, 0.15) is 0 Å². The van der Waals surface area contributed by atoms with Gasteiger partial charge in [0, 0.05) is 25.2 Å². The number of nitrogens with zero attached hydrogens (tertiary/aromatic N) is 1. The standard InChI is InChI=1S/C17H34N2O2/c1-4-17(14-20,18-15-7-8-15)10-6-12-19-11-5-9-16(2,13-19)21-3/h15,18,20H,4-14H2,1-3H3. The second kappa shape index (κ2) is 7.40. The number of hydrogen-bond acceptors (Lipinski definition) is 4. The summed E-state index contributed by atoms with van der Waals surface area (Å²) in [4.78, 5) is 2.53. The maximum absolute atomic E-state index is 9.82. The van der Waals surface area contributed by atoms with Crippen molar-refractivity contribution in [3.05, 3.63) is 0 Å². The summed E-state index contributed by atoms with van der Waals surface area (Å²) in [7, 11) is 1.83. The Morgan fingerprint density at radius 2 is 2.19 bits per heavy atom. The minimum atomic E-state index is -0.0541. The lowest BCUT2D eigenvalue weighted by molar-refractivity contribution is -0.0513. The van der Waals surface area contributed by atoms with E-state index in [4.69, 9.17) is 4.74 Å². The zero-order chi connectivity index (χ0) is 15.3. The quantitative estimate of drug-likeness (QED) is 0.685. The molecule has 1 heterocycles. The van der Waals surface area contributed by atoms with Gasteiger partial charge in [-0.05, 0) is 65.0 Å². The first kappa shape index (κ1) is 17.2. The predicted octanol–water partition coefficient (Wildman–Crippen LogP) is 2.16. The van der Waals surface area contributed by atoms with Crippen molar-refractivity contribution in [3.63, 3.8) is 0 Å². The van der Waals surface area contributed by atoms with Crippen LogP contribution in [0.4, 0.5) is 0 Å². The molecule has 1 aliphatic heterocycles. The van der Waals surface area contributed by atoms with Crippen LogP contribution in [0.3, 0.4) is 0 Å². The lowest BCUT2D eigenvalue weighted by Gasteiger charge is -2.40. The Kier molecular flexibility index (Phi) is 6.06. The monoisotopic (exact) mass is 298 g/mol. The molecule has 4 heteroatoms. The minimum Gasteiger partial charge on any atom is -0.394 e. The van der Waals surface area contributed by atoms with Gasteiger partial charge in [0.2, 0.25) is 0 Å². The first-order chi connectivity index (χ1) is 10.0. The minimum absolute atomic E-state index is 0.0311. The van der Waals surface area contributed by atoms with Gasteiger partial charge >= 0.3 is 0 Å². The maximum Gasteiger partial charge on any atom is 0.0777 e. The Morgan fingerprint density at radius 3 is 2.76 bits per heavy atom. The van der Waals surface area contributed by atoms with Crippen molar-refractivity contribution in [2.45, 2.75) is 76.0 Å². The summed E-state index contributed by atoms with van der Waals surface area (Å²) < 4.78 is 5.67. The third-order valence-corrected chi connectivity index (χ3v) is 5.43. The summed E-state index contributed by atoms with van der Waals surface area (Å²) in [5.74, 6) is 0. The van der Waals surface area contributed by atoms with Crippen LogP contribution in [0.5, 0.6) is 0 Å². The Labute approximate surface area is 130 Å². The van der Waals surface area contributed by atoms with E-state index in [2.05, 4.69) is 24.1 Å². The Morgan fingerprint density at radius 1 is 1.43 bits per heavy atom. The Hall–Kier alpha value is -0.160. The number of piperidine rings is 1. The van der Waals surface area contributed by atoms with E-state index in [0.717, 1.165) is 32.4 Å². The van der Waals surface area contributed by atoms with E-state index in [1.165, 1.54) is 32.2 Å². The molecular formula is C17H34N2O2. The highest BCUT2D eigenvalue weighted by atomic mass is 16.5. The number of aliphatic hydroxyl groups excluding tert-OH is 1. The molecule has 1 saturated carbocycles. The van der Waals surface area contributed by atoms with Gasteiger partial charge in [-0.25, -0.2) is 0 Å². The van der Waals surface area contributed by atoms with Crippen molar-refractivity contribution in [2.24, 2.45) is 0 Å². The summed E-state index contributed by atoms with van der Waals surface area (Å²) in [5.41, 5.74) is -0.0230. The third-order valence-electron chi connectivity index (χ3n) is 5.43. The first-order valence-electron chi connectivity index (χ1n) is 8.71. The number of hydrogen-bond donors (Lipinski definition) is 2. The van der Waals surface area contributed by atoms with Crippen molar-refractivity contribution in [2.75, 3.05) is 33.4 Å². The summed E-state index contributed by atoms with van der Waals surface area (Å²) in [6.45, 7) is 8.01. The third kappa shape index (κ3) is 4.92. The Balaban J connectivity index is 1.76. The van der Waals surface area contributed by atoms with E-state index in [1.807, 2.05) is 7.11 Å². The molecular weight excluding hydrogens is 264 g/mol. The zero-order valence-corrected chi connectivity index (χ0v) is 14.2. The van der Waals surface area contributed by atoms with Gasteiger partial charge in [-0.2, -0.15) is 0 Å². The molecule has 1 aliphatic carbocycles. The maximum atomic E-state index is 9.82. The number of methoxy groups -OCH3 is 1. The van der Waals surface area contributed by atoms with Gasteiger partial charge in [-0.1, -0.05) is 6.92 Å². The van der Waals surface area contributed by atoms with Crippen molar-refractivity contribution >= 4 is 0 Å². The van der Waals surface area contributed by atoms with Crippen molar-refractivity contribution in [1.29, 1.82) is 0 Å². The molecule has 1 saturated heterocycles. The number of nitrogens with one attached hydrogen (secondary N) is 1. The van der Waals surface area contributed by atoms with Crippen LogP contribution in [-0.2, 0) is 4.74 Å². The van der Waals surface area contributed by atoms with Crippen LogP contribution in [0, 0.1) is 0 Å². The number of aliphatic hydroxyl groups is 1. The fraction of sp³-hybridized carbons (Fsp3) is 1.00. The van der Waals surface area contributed by atoms with Crippen LogP contribution >= 0.6 is 0 Å². The molecule has 0 bridgehead atoms. The van der Waals surface area contributed by atoms with E-state index in [0.29, 0.717) is 6.04 Å². The molecule has 0 aromatic rings. The van der Waals surface area contributed by atoms with Crippen LogP contribution in [0.25, 0.3) is 0 Å². The largest absolute Gasteiger partial charge is 0.394 e. The molecule has 2 unspecified atom stereocenters. The molecule has 4 nitrogen and oxygen atoms in total. The van der Waals surface area contributed by atoms with Crippen LogP contribution in [-0.4, -0.2) is 60.5 Å². The van der Waals surface area contributed by atoms with Crippen LogP contribution < -0.4 is 5.32 Å². The normalized spacial score (nSPS) is 30.3. The van der Waals surface area contributed by atoms with Gasteiger partial charge < -0.3 is 20.1 Å². The molecule has 0 amide bonds. The molecule has 2 N–H and O–H groups in total. The molecule has 0 aromatic carbocycles. The summed E-state index contributed by atoms with van der Waals surface area (Å²) in [5, 5.41) is 13.5. The number of rotatable bonds is 9. The van der Waals surface area contributed by atoms with Gasteiger partial charge in [0.25, 0.3) is 0 Å². The molecule has 2 fully saturated rings. The average Bonchev–Trinajstić information content (AvgIpc) is 3.30. The topological polar surface area (TPSA) is 44.7 Å². The van der Waals surface area contributed by atoms with Gasteiger partial charge in [-0.15, -0.1) is 0 Å². The fourth-order valence-electron chi connectivity index (χ4n) is 3.55. The molecule has 124 valence electrons. The summed E-state index contributed by atoms with van der Waals surface area (Å²) in [6, 6.07) is 0.656. The number of ether oxygens (including phenoxy) is 1. The highest BCUT2D eigenvalue weighted by Gasteiger charge is 2.35. The zero-order valence-electron chi connectivity index (χ0n) is 14.2. The number of likely N-dealkylation sites (tertiary alicyclic amines) is 1. The molecule has 0 aromatic heterocycles. The van der Waals surface area contributed by atoms with Gasteiger partial charge in [-0.3, -0.25) is 0 Å².